The van der Waals surface area contributed by atoms with Crippen LogP contribution in [0.25, 0.3) is 0 Å². The first kappa shape index (κ1) is 27.1. The summed E-state index contributed by atoms with van der Waals surface area (Å²) >= 11 is 0. The van der Waals surface area contributed by atoms with Crippen molar-refractivity contribution in [3.63, 3.8) is 0 Å². The maximum Gasteiger partial charge on any atom is 0.305 e. The van der Waals surface area contributed by atoms with Crippen LogP contribution < -0.4 is 0 Å². The molecule has 5 heteroatoms. The van der Waals surface area contributed by atoms with Gasteiger partial charge in [0.15, 0.2) is 0 Å². The van der Waals surface area contributed by atoms with Crippen LogP contribution in [-0.4, -0.2) is 41.3 Å². The van der Waals surface area contributed by atoms with Crippen molar-refractivity contribution in [2.24, 2.45) is 0 Å². The van der Waals surface area contributed by atoms with Gasteiger partial charge in [0.05, 0.1) is 6.61 Å². The van der Waals surface area contributed by atoms with Crippen molar-refractivity contribution < 1.29 is 24.5 Å². The van der Waals surface area contributed by atoms with Crippen LogP contribution in [0.3, 0.4) is 0 Å². The number of hydrogen-bond donors (Lipinski definition) is 2. The highest BCUT2D eigenvalue weighted by molar-refractivity contribution is 5.75. The van der Waals surface area contributed by atoms with Crippen LogP contribution in [0.1, 0.15) is 116 Å². The van der Waals surface area contributed by atoms with Gasteiger partial charge in [0.1, 0.15) is 18.5 Å². The average molecular weight is 401 g/mol. The molecule has 0 saturated carbocycles. The van der Waals surface area contributed by atoms with Crippen molar-refractivity contribution in [2.45, 2.75) is 122 Å². The van der Waals surface area contributed by atoms with E-state index in [4.69, 9.17) is 14.9 Å². The Labute approximate surface area is 172 Å². The largest absolute Gasteiger partial charge is 0.463 e. The lowest BCUT2D eigenvalue weighted by atomic mass is 10.0. The van der Waals surface area contributed by atoms with E-state index in [2.05, 4.69) is 0 Å². The lowest BCUT2D eigenvalue weighted by molar-refractivity contribution is -0.147. The molecular formula is C23H44O5. The summed E-state index contributed by atoms with van der Waals surface area (Å²) in [6, 6.07) is 0. The molecule has 5 nitrogen and oxygen atoms in total. The van der Waals surface area contributed by atoms with E-state index in [1.807, 2.05) is 0 Å². The van der Waals surface area contributed by atoms with Crippen molar-refractivity contribution >= 4 is 11.8 Å². The summed E-state index contributed by atoms with van der Waals surface area (Å²) in [5.74, 6) is 0.0279. The molecule has 0 aromatic heterocycles. The Morgan fingerprint density at radius 3 is 1.39 bits per heavy atom. The smallest absolute Gasteiger partial charge is 0.305 e. The van der Waals surface area contributed by atoms with Gasteiger partial charge in [0, 0.05) is 12.8 Å². The van der Waals surface area contributed by atoms with Crippen LogP contribution in [-0.2, 0) is 14.3 Å². The van der Waals surface area contributed by atoms with E-state index >= 15 is 0 Å². The Hall–Kier alpha value is -0.940. The lowest BCUT2D eigenvalue weighted by Crippen LogP contribution is -2.21. The van der Waals surface area contributed by atoms with Crippen molar-refractivity contribution in [2.75, 3.05) is 13.2 Å². The van der Waals surface area contributed by atoms with Crippen LogP contribution in [0.2, 0.25) is 0 Å². The van der Waals surface area contributed by atoms with Gasteiger partial charge >= 0.3 is 5.97 Å². The molecule has 0 bridgehead atoms. The highest BCUT2D eigenvalue weighted by Crippen LogP contribution is 2.14. The predicted molar refractivity (Wildman–Crippen MR) is 113 cm³/mol. The number of carbonyl (C=O) groups is 2. The van der Waals surface area contributed by atoms with Crippen LogP contribution in [0, 0.1) is 0 Å². The van der Waals surface area contributed by atoms with E-state index in [1.54, 1.807) is 6.92 Å². The highest BCUT2D eigenvalue weighted by atomic mass is 16.5. The zero-order valence-corrected chi connectivity index (χ0v) is 18.1. The third-order valence-corrected chi connectivity index (χ3v) is 5.06. The van der Waals surface area contributed by atoms with Crippen molar-refractivity contribution in [3.05, 3.63) is 0 Å². The molecule has 2 N–H and O–H groups in total. The number of esters is 1. The maximum absolute atomic E-state index is 11.4. The summed E-state index contributed by atoms with van der Waals surface area (Å²) in [7, 11) is 0. The topological polar surface area (TPSA) is 83.8 Å². The van der Waals surface area contributed by atoms with E-state index in [0.717, 1.165) is 32.1 Å². The zero-order chi connectivity index (χ0) is 20.9. The standard InChI is InChI=1S/C23H44O5/c1-21(25)17-15-13-11-9-7-5-3-2-4-6-8-10-12-14-16-18-23(27)28-20-22(26)19-24/h22,24,26H,2-20H2,1H3. The molecule has 0 saturated heterocycles. The highest BCUT2D eigenvalue weighted by Gasteiger charge is 2.07. The Morgan fingerprint density at radius 1 is 0.679 bits per heavy atom. The molecule has 28 heavy (non-hydrogen) atoms. The minimum absolute atomic E-state index is 0.115. The number of ketones is 1. The zero-order valence-electron chi connectivity index (χ0n) is 18.1. The summed E-state index contributed by atoms with van der Waals surface area (Å²) < 4.78 is 4.87. The van der Waals surface area contributed by atoms with Crippen LogP contribution in [0.4, 0.5) is 0 Å². The second-order valence-electron chi connectivity index (χ2n) is 8.02. The third-order valence-electron chi connectivity index (χ3n) is 5.06. The predicted octanol–water partition coefficient (Wildman–Crippen LogP) is 5.10. The normalized spacial score (nSPS) is 12.1. The Balaban J connectivity index is 3.14. The number of unbranched alkanes of at least 4 members (excludes halogenated alkanes) is 14. The number of hydrogen-bond acceptors (Lipinski definition) is 5. The molecule has 1 atom stereocenters. The molecule has 0 aromatic rings. The number of Topliss-reactive ketones (excluding diaryl/α,β-unsaturated/α-hetero) is 1. The lowest BCUT2D eigenvalue weighted by Gasteiger charge is -2.08. The van der Waals surface area contributed by atoms with Crippen molar-refractivity contribution in [3.8, 4) is 0 Å². The van der Waals surface area contributed by atoms with E-state index < -0.39 is 6.10 Å². The van der Waals surface area contributed by atoms with Crippen molar-refractivity contribution in [1.82, 2.24) is 0 Å². The first-order chi connectivity index (χ1) is 13.6. The molecule has 0 heterocycles. The van der Waals surface area contributed by atoms with Gasteiger partial charge in [-0.15, -0.1) is 0 Å². The van der Waals surface area contributed by atoms with E-state index in [-0.39, 0.29) is 19.2 Å². The van der Waals surface area contributed by atoms with Gasteiger partial charge in [-0.2, -0.15) is 0 Å². The monoisotopic (exact) mass is 400 g/mol. The molecule has 0 radical (unpaired) electrons. The molecule has 0 fully saturated rings. The number of ether oxygens (including phenoxy) is 1. The van der Waals surface area contributed by atoms with Gasteiger partial charge in [-0.3, -0.25) is 4.79 Å². The molecule has 0 aromatic carbocycles. The summed E-state index contributed by atoms with van der Waals surface area (Å²) in [6.07, 6.45) is 18.6. The minimum atomic E-state index is -0.965. The molecule has 0 amide bonds. The SMILES string of the molecule is CC(=O)CCCCCCCCCCCCCCCCCC(=O)OCC(O)CO. The van der Waals surface area contributed by atoms with Gasteiger partial charge in [-0.05, 0) is 19.8 Å². The van der Waals surface area contributed by atoms with E-state index in [1.165, 1.54) is 70.6 Å². The number of aliphatic hydroxyl groups is 2. The van der Waals surface area contributed by atoms with Gasteiger partial charge in [-0.1, -0.05) is 83.5 Å². The maximum atomic E-state index is 11.4. The fourth-order valence-electron chi connectivity index (χ4n) is 3.26. The summed E-state index contributed by atoms with van der Waals surface area (Å²) in [5.41, 5.74) is 0. The fraction of sp³-hybridized carbons (Fsp3) is 0.913. The summed E-state index contributed by atoms with van der Waals surface area (Å²) in [6.45, 7) is 1.18. The third kappa shape index (κ3) is 21.4. The second kappa shape index (κ2) is 20.8. The molecule has 0 aliphatic carbocycles. The van der Waals surface area contributed by atoms with Crippen LogP contribution in [0.15, 0.2) is 0 Å². The number of aliphatic hydroxyl groups excluding tert-OH is 2. The number of rotatable bonds is 21. The first-order valence-electron chi connectivity index (χ1n) is 11.5. The van der Waals surface area contributed by atoms with Crippen LogP contribution >= 0.6 is 0 Å². The Bertz CT molecular complexity index is 370. The summed E-state index contributed by atoms with van der Waals surface area (Å²) in [4.78, 5) is 22.2. The second-order valence-corrected chi connectivity index (χ2v) is 8.02. The molecule has 0 aliphatic heterocycles. The minimum Gasteiger partial charge on any atom is -0.463 e. The van der Waals surface area contributed by atoms with E-state index in [9.17, 15) is 9.59 Å². The van der Waals surface area contributed by atoms with Gasteiger partial charge < -0.3 is 19.7 Å². The van der Waals surface area contributed by atoms with E-state index in [0.29, 0.717) is 12.2 Å². The van der Waals surface area contributed by atoms with Gasteiger partial charge in [-0.25, -0.2) is 0 Å². The quantitative estimate of drug-likeness (QED) is 0.207. The average Bonchev–Trinajstić information content (AvgIpc) is 2.68. The molecule has 0 aliphatic rings. The van der Waals surface area contributed by atoms with Crippen LogP contribution in [0.5, 0.6) is 0 Å². The van der Waals surface area contributed by atoms with Gasteiger partial charge in [0.2, 0.25) is 0 Å². The summed E-state index contributed by atoms with van der Waals surface area (Å²) in [5, 5.41) is 17.7. The molecule has 1 unspecified atom stereocenters. The number of carbonyl (C=O) groups excluding carboxylic acids is 2. The molecule has 0 rings (SSSR count). The fourth-order valence-corrected chi connectivity index (χ4v) is 3.26. The van der Waals surface area contributed by atoms with Crippen molar-refractivity contribution in [1.29, 1.82) is 0 Å². The molecule has 0 spiro atoms. The molecule has 166 valence electrons. The molecular weight excluding hydrogens is 356 g/mol. The van der Waals surface area contributed by atoms with Gasteiger partial charge in [0.25, 0.3) is 0 Å². The Kier molecular flexibility index (Phi) is 20.1. The first-order valence-corrected chi connectivity index (χ1v) is 11.5. The Morgan fingerprint density at radius 2 is 1.04 bits per heavy atom.